The number of nitrogens with zero attached hydrogens (tertiary/aromatic N) is 1. The maximum Gasteiger partial charge on any atom is 0.253 e. The number of hydrogen-bond donors (Lipinski definition) is 1. The zero-order valence-corrected chi connectivity index (χ0v) is 15.9. The first-order chi connectivity index (χ1) is 13.6. The van der Waals surface area contributed by atoms with Crippen molar-refractivity contribution in [3.63, 3.8) is 0 Å². The van der Waals surface area contributed by atoms with Crippen LogP contribution in [0.1, 0.15) is 46.4 Å². The van der Waals surface area contributed by atoms with Gasteiger partial charge in [-0.3, -0.25) is 14.4 Å². The smallest absolute Gasteiger partial charge is 0.253 e. The van der Waals surface area contributed by atoms with E-state index in [0.29, 0.717) is 22.6 Å². The highest BCUT2D eigenvalue weighted by atomic mass is 16.5. The summed E-state index contributed by atoms with van der Waals surface area (Å²) in [6.45, 7) is 1.56. The Bertz CT molecular complexity index is 872. The van der Waals surface area contributed by atoms with Gasteiger partial charge in [-0.15, -0.1) is 0 Å². The molecule has 6 heteroatoms. The Kier molecular flexibility index (Phi) is 6.42. The first-order valence-electron chi connectivity index (χ1n) is 9.43. The zero-order chi connectivity index (χ0) is 19.9. The van der Waals surface area contributed by atoms with Gasteiger partial charge in [-0.2, -0.15) is 0 Å². The lowest BCUT2D eigenvalue weighted by atomic mass is 10.1. The Hall–Kier alpha value is -3.15. The predicted octanol–water partition coefficient (Wildman–Crippen LogP) is 3.53. The molecular formula is C22H24N2O4. The van der Waals surface area contributed by atoms with Crippen molar-refractivity contribution in [1.82, 2.24) is 4.90 Å². The molecule has 28 heavy (non-hydrogen) atoms. The van der Waals surface area contributed by atoms with E-state index >= 15 is 0 Å². The number of carbonyl (C=O) groups excluding carboxylic acids is 3. The number of ether oxygens (including phenoxy) is 1. The number of ketones is 1. The van der Waals surface area contributed by atoms with E-state index < -0.39 is 0 Å². The second-order valence-electron chi connectivity index (χ2n) is 6.78. The summed E-state index contributed by atoms with van der Waals surface area (Å²) in [6, 6.07) is 13.8. The van der Waals surface area contributed by atoms with Crippen LogP contribution in [0.15, 0.2) is 48.5 Å². The Labute approximate surface area is 164 Å². The highest BCUT2D eigenvalue weighted by molar-refractivity contribution is 6.01. The van der Waals surface area contributed by atoms with Gasteiger partial charge in [0.15, 0.2) is 5.78 Å². The number of methoxy groups -OCH3 is 1. The summed E-state index contributed by atoms with van der Waals surface area (Å²) in [5.41, 5.74) is 1.64. The molecule has 0 radical (unpaired) electrons. The fourth-order valence-corrected chi connectivity index (χ4v) is 3.22. The molecule has 1 fully saturated rings. The van der Waals surface area contributed by atoms with Crippen LogP contribution in [0.4, 0.5) is 5.69 Å². The van der Waals surface area contributed by atoms with Gasteiger partial charge in [0.2, 0.25) is 5.91 Å². The van der Waals surface area contributed by atoms with E-state index in [1.165, 1.54) is 0 Å². The van der Waals surface area contributed by atoms with Crippen LogP contribution in [-0.4, -0.2) is 42.7 Å². The van der Waals surface area contributed by atoms with Crippen LogP contribution in [0.2, 0.25) is 0 Å². The van der Waals surface area contributed by atoms with Crippen molar-refractivity contribution in [2.24, 2.45) is 0 Å². The maximum atomic E-state index is 12.5. The fourth-order valence-electron chi connectivity index (χ4n) is 3.22. The molecular weight excluding hydrogens is 356 g/mol. The SMILES string of the molecule is COc1cccc(C(=O)CCC(=O)Nc2cccc(C(=O)N3CCCC3)c2)c1. The molecule has 3 rings (SSSR count). The van der Waals surface area contributed by atoms with Gasteiger partial charge in [0.05, 0.1) is 7.11 Å². The van der Waals surface area contributed by atoms with E-state index in [1.807, 2.05) is 4.90 Å². The lowest BCUT2D eigenvalue weighted by molar-refractivity contribution is -0.116. The third-order valence-electron chi connectivity index (χ3n) is 4.76. The minimum absolute atomic E-state index is 0.0122. The first-order valence-corrected chi connectivity index (χ1v) is 9.43. The molecule has 0 unspecified atom stereocenters. The van der Waals surface area contributed by atoms with Gasteiger partial charge in [-0.05, 0) is 43.2 Å². The van der Waals surface area contributed by atoms with Crippen molar-refractivity contribution >= 4 is 23.3 Å². The van der Waals surface area contributed by atoms with Crippen LogP contribution in [0.5, 0.6) is 5.75 Å². The van der Waals surface area contributed by atoms with Crippen LogP contribution < -0.4 is 10.1 Å². The van der Waals surface area contributed by atoms with Gasteiger partial charge in [0.1, 0.15) is 5.75 Å². The van der Waals surface area contributed by atoms with E-state index in [0.717, 1.165) is 25.9 Å². The standard InChI is InChI=1S/C22H24N2O4/c1-28-19-9-5-6-16(15-19)20(25)10-11-21(26)23-18-8-4-7-17(14-18)22(27)24-12-2-3-13-24/h4-9,14-15H,2-3,10-13H2,1H3,(H,23,26). The average molecular weight is 380 g/mol. The van der Waals surface area contributed by atoms with E-state index in [1.54, 1.807) is 55.6 Å². The normalized spacial score (nSPS) is 13.2. The third kappa shape index (κ3) is 4.97. The Morgan fingerprint density at radius 1 is 0.964 bits per heavy atom. The van der Waals surface area contributed by atoms with E-state index in [-0.39, 0.29) is 30.4 Å². The number of rotatable bonds is 7. The highest BCUT2D eigenvalue weighted by Crippen LogP contribution is 2.18. The lowest BCUT2D eigenvalue weighted by Crippen LogP contribution is -2.27. The molecule has 1 saturated heterocycles. The van der Waals surface area contributed by atoms with Gasteiger partial charge in [-0.25, -0.2) is 0 Å². The van der Waals surface area contributed by atoms with Crippen LogP contribution in [0, 0.1) is 0 Å². The molecule has 2 aromatic carbocycles. The molecule has 0 spiro atoms. The molecule has 1 N–H and O–H groups in total. The molecule has 2 aromatic rings. The summed E-state index contributed by atoms with van der Waals surface area (Å²) >= 11 is 0. The number of anilines is 1. The predicted molar refractivity (Wildman–Crippen MR) is 107 cm³/mol. The molecule has 1 aliphatic heterocycles. The molecule has 0 bridgehead atoms. The number of likely N-dealkylation sites (tertiary alicyclic amines) is 1. The number of nitrogens with one attached hydrogen (secondary N) is 1. The molecule has 146 valence electrons. The number of amides is 2. The summed E-state index contributed by atoms with van der Waals surface area (Å²) in [5.74, 6) is 0.214. The number of benzene rings is 2. The molecule has 0 saturated carbocycles. The molecule has 6 nitrogen and oxygen atoms in total. The lowest BCUT2D eigenvalue weighted by Gasteiger charge is -2.15. The maximum absolute atomic E-state index is 12.5. The average Bonchev–Trinajstić information content (AvgIpc) is 3.26. The summed E-state index contributed by atoms with van der Waals surface area (Å²) < 4.78 is 5.11. The number of Topliss-reactive ketones (excluding diaryl/α,β-unsaturated/α-hetero) is 1. The Morgan fingerprint density at radius 2 is 1.68 bits per heavy atom. The number of carbonyl (C=O) groups is 3. The molecule has 0 aliphatic carbocycles. The first kappa shape index (κ1) is 19.6. The van der Waals surface area contributed by atoms with Crippen molar-refractivity contribution in [3.05, 3.63) is 59.7 Å². The summed E-state index contributed by atoms with van der Waals surface area (Å²) in [5, 5.41) is 2.77. The van der Waals surface area contributed by atoms with Crippen molar-refractivity contribution in [2.45, 2.75) is 25.7 Å². The highest BCUT2D eigenvalue weighted by Gasteiger charge is 2.19. The minimum atomic E-state index is -0.262. The Balaban J connectivity index is 1.55. The second kappa shape index (κ2) is 9.17. The van der Waals surface area contributed by atoms with E-state index in [2.05, 4.69) is 5.32 Å². The van der Waals surface area contributed by atoms with E-state index in [9.17, 15) is 14.4 Å². The summed E-state index contributed by atoms with van der Waals surface area (Å²) in [6.07, 6.45) is 2.23. The van der Waals surface area contributed by atoms with Gasteiger partial charge in [0.25, 0.3) is 5.91 Å². The zero-order valence-electron chi connectivity index (χ0n) is 15.9. The van der Waals surface area contributed by atoms with Crippen molar-refractivity contribution in [3.8, 4) is 5.75 Å². The molecule has 1 heterocycles. The summed E-state index contributed by atoms with van der Waals surface area (Å²) in [7, 11) is 1.54. The van der Waals surface area contributed by atoms with Gasteiger partial charge in [0, 0.05) is 42.7 Å². The molecule has 0 atom stereocenters. The summed E-state index contributed by atoms with van der Waals surface area (Å²) in [4.78, 5) is 38.8. The van der Waals surface area contributed by atoms with Crippen molar-refractivity contribution in [1.29, 1.82) is 0 Å². The van der Waals surface area contributed by atoms with Crippen LogP contribution in [-0.2, 0) is 4.79 Å². The quantitative estimate of drug-likeness (QED) is 0.746. The Morgan fingerprint density at radius 3 is 2.43 bits per heavy atom. The van der Waals surface area contributed by atoms with E-state index in [4.69, 9.17) is 4.74 Å². The monoisotopic (exact) mass is 380 g/mol. The van der Waals surface area contributed by atoms with Crippen molar-refractivity contribution in [2.75, 3.05) is 25.5 Å². The molecule has 2 amide bonds. The van der Waals surface area contributed by atoms with Crippen LogP contribution in [0.3, 0.4) is 0 Å². The minimum Gasteiger partial charge on any atom is -0.497 e. The topological polar surface area (TPSA) is 75.7 Å². The van der Waals surface area contributed by atoms with Crippen LogP contribution >= 0.6 is 0 Å². The molecule has 0 aromatic heterocycles. The van der Waals surface area contributed by atoms with Crippen molar-refractivity contribution < 1.29 is 19.1 Å². The largest absolute Gasteiger partial charge is 0.497 e. The van der Waals surface area contributed by atoms with Gasteiger partial charge < -0.3 is 15.0 Å². The van der Waals surface area contributed by atoms with Crippen LogP contribution in [0.25, 0.3) is 0 Å². The molecule has 1 aliphatic rings. The third-order valence-corrected chi connectivity index (χ3v) is 4.76. The van der Waals surface area contributed by atoms with Gasteiger partial charge >= 0.3 is 0 Å². The fraction of sp³-hybridized carbons (Fsp3) is 0.318. The number of hydrogen-bond acceptors (Lipinski definition) is 4. The second-order valence-corrected chi connectivity index (χ2v) is 6.78. The van der Waals surface area contributed by atoms with Gasteiger partial charge in [-0.1, -0.05) is 18.2 Å².